The van der Waals surface area contributed by atoms with E-state index in [1.54, 1.807) is 37.2 Å². The number of aromatic amines is 1. The maximum Gasteiger partial charge on any atom is 0.410 e. The first-order valence-electron chi connectivity index (χ1n) is 14.1. The minimum absolute atomic E-state index is 0.0885. The lowest BCUT2D eigenvalue weighted by atomic mass is 10.2. The van der Waals surface area contributed by atoms with E-state index in [4.69, 9.17) is 9.47 Å². The molecule has 0 aliphatic carbocycles. The summed E-state index contributed by atoms with van der Waals surface area (Å²) in [5.74, 6) is -0.00768. The molecule has 1 aliphatic rings. The minimum atomic E-state index is -0.582. The number of aromatic nitrogens is 1. The number of rotatable bonds is 7. The average molecular weight is 573 g/mol. The highest BCUT2D eigenvalue weighted by atomic mass is 19.1. The average Bonchev–Trinajstić information content (AvgIpc) is 3.62. The van der Waals surface area contributed by atoms with Crippen LogP contribution in [0.25, 0.3) is 10.9 Å². The summed E-state index contributed by atoms with van der Waals surface area (Å²) in [7, 11) is 3.34. The van der Waals surface area contributed by atoms with Gasteiger partial charge in [-0.05, 0) is 75.2 Å². The Labute approximate surface area is 245 Å². The van der Waals surface area contributed by atoms with Crippen molar-refractivity contribution >= 4 is 34.3 Å². The summed E-state index contributed by atoms with van der Waals surface area (Å²) in [4.78, 5) is 33.9. The number of hydrogen-bond donors (Lipinski definition) is 1. The molecule has 8 nitrogen and oxygen atoms in total. The molecule has 0 bridgehead atoms. The molecule has 1 N–H and O–H groups in total. The Morgan fingerprint density at radius 3 is 2.50 bits per heavy atom. The number of ether oxygens (including phenoxy) is 2. The number of benzene rings is 3. The van der Waals surface area contributed by atoms with E-state index in [9.17, 15) is 9.59 Å². The summed E-state index contributed by atoms with van der Waals surface area (Å²) < 4.78 is 26.7. The Morgan fingerprint density at radius 2 is 1.79 bits per heavy atom. The van der Waals surface area contributed by atoms with E-state index in [-0.39, 0.29) is 11.9 Å². The Kier molecular flexibility index (Phi) is 8.11. The van der Waals surface area contributed by atoms with Crippen LogP contribution < -0.4 is 14.5 Å². The van der Waals surface area contributed by atoms with Crippen LogP contribution in [0, 0.1) is 5.82 Å². The molecule has 42 heavy (non-hydrogen) atoms. The van der Waals surface area contributed by atoms with Crippen LogP contribution in [-0.2, 0) is 11.3 Å². The van der Waals surface area contributed by atoms with Crippen molar-refractivity contribution in [1.29, 1.82) is 0 Å². The van der Waals surface area contributed by atoms with E-state index in [1.807, 2.05) is 74.2 Å². The van der Waals surface area contributed by atoms with Crippen molar-refractivity contribution in [1.82, 2.24) is 9.88 Å². The Hall–Kier alpha value is -4.53. The number of H-pyrrole nitrogens is 1. The topological polar surface area (TPSA) is 78.1 Å². The highest BCUT2D eigenvalue weighted by molar-refractivity contribution is 6.07. The van der Waals surface area contributed by atoms with Gasteiger partial charge in [0, 0.05) is 43.8 Å². The number of likely N-dealkylation sites (N-methyl/N-ethyl adjacent to an activating group) is 1. The molecule has 0 spiro atoms. The van der Waals surface area contributed by atoms with Crippen LogP contribution in [0.4, 0.5) is 20.6 Å². The zero-order valence-corrected chi connectivity index (χ0v) is 24.7. The largest absolute Gasteiger partial charge is 0.489 e. The molecular weight excluding hydrogens is 535 g/mol. The van der Waals surface area contributed by atoms with Gasteiger partial charge in [0.25, 0.3) is 5.91 Å². The van der Waals surface area contributed by atoms with Gasteiger partial charge < -0.3 is 29.2 Å². The monoisotopic (exact) mass is 572 g/mol. The third-order valence-electron chi connectivity index (χ3n) is 7.43. The SMILES string of the molecule is CN(C(=O)c1cc2cc(OCc3ccccc3)ccc2[nH]1)c1ccc(N2CCC(N(C)C(=O)OC(C)(C)C)C2)c(F)c1. The fourth-order valence-corrected chi connectivity index (χ4v) is 5.08. The molecule has 0 saturated carbocycles. The van der Waals surface area contributed by atoms with Crippen molar-refractivity contribution in [2.45, 2.75) is 45.4 Å². The molecule has 1 unspecified atom stereocenters. The highest BCUT2D eigenvalue weighted by Crippen LogP contribution is 2.30. The molecule has 1 saturated heterocycles. The molecule has 0 radical (unpaired) electrons. The summed E-state index contributed by atoms with van der Waals surface area (Å²) in [5.41, 5.74) is 2.56. The Balaban J connectivity index is 1.23. The predicted molar refractivity (Wildman–Crippen MR) is 163 cm³/mol. The molecule has 2 heterocycles. The summed E-state index contributed by atoms with van der Waals surface area (Å²) in [6.45, 7) is 7.04. The lowest BCUT2D eigenvalue weighted by Crippen LogP contribution is -2.42. The molecule has 3 aromatic carbocycles. The molecule has 1 atom stereocenters. The van der Waals surface area contributed by atoms with E-state index in [1.165, 1.54) is 11.0 Å². The molecule has 2 amide bonds. The van der Waals surface area contributed by atoms with Crippen LogP contribution in [0.2, 0.25) is 0 Å². The van der Waals surface area contributed by atoms with E-state index in [0.29, 0.717) is 48.9 Å². The lowest BCUT2D eigenvalue weighted by molar-refractivity contribution is 0.0237. The fourth-order valence-electron chi connectivity index (χ4n) is 5.08. The number of hydrogen-bond acceptors (Lipinski definition) is 5. The highest BCUT2D eigenvalue weighted by Gasteiger charge is 2.32. The summed E-state index contributed by atoms with van der Waals surface area (Å²) >= 11 is 0. The van der Waals surface area contributed by atoms with Crippen molar-refractivity contribution in [3.8, 4) is 5.75 Å². The number of nitrogens with one attached hydrogen (secondary N) is 1. The number of nitrogens with zero attached hydrogens (tertiary/aromatic N) is 3. The number of carbonyl (C=O) groups excluding carboxylic acids is 2. The van der Waals surface area contributed by atoms with Crippen LogP contribution in [0.1, 0.15) is 43.2 Å². The molecule has 4 aromatic rings. The van der Waals surface area contributed by atoms with Gasteiger partial charge in [-0.1, -0.05) is 30.3 Å². The van der Waals surface area contributed by atoms with Gasteiger partial charge in [0.1, 0.15) is 29.5 Å². The molecule has 1 fully saturated rings. The second-order valence-electron chi connectivity index (χ2n) is 11.7. The number of carbonyl (C=O) groups is 2. The number of halogens is 1. The van der Waals surface area contributed by atoms with Gasteiger partial charge in [0.2, 0.25) is 0 Å². The van der Waals surface area contributed by atoms with E-state index in [2.05, 4.69) is 4.98 Å². The van der Waals surface area contributed by atoms with Gasteiger partial charge in [-0.25, -0.2) is 9.18 Å². The van der Waals surface area contributed by atoms with E-state index >= 15 is 4.39 Å². The predicted octanol–water partition coefficient (Wildman–Crippen LogP) is 6.61. The van der Waals surface area contributed by atoms with Crippen LogP contribution in [0.3, 0.4) is 0 Å². The van der Waals surface area contributed by atoms with Crippen molar-refractivity contribution < 1.29 is 23.5 Å². The number of anilines is 2. The molecule has 9 heteroatoms. The maximum atomic E-state index is 15.3. The third-order valence-corrected chi connectivity index (χ3v) is 7.43. The van der Waals surface area contributed by atoms with Gasteiger partial charge >= 0.3 is 6.09 Å². The van der Waals surface area contributed by atoms with E-state index in [0.717, 1.165) is 16.5 Å². The van der Waals surface area contributed by atoms with Crippen molar-refractivity contribution in [3.63, 3.8) is 0 Å². The first-order valence-corrected chi connectivity index (χ1v) is 14.1. The first kappa shape index (κ1) is 29.0. The van der Waals surface area contributed by atoms with Crippen LogP contribution in [0.15, 0.2) is 72.8 Å². The van der Waals surface area contributed by atoms with Crippen molar-refractivity contribution in [2.75, 3.05) is 37.0 Å². The van der Waals surface area contributed by atoms with Crippen molar-refractivity contribution in [3.05, 3.63) is 89.9 Å². The fraction of sp³-hybridized carbons (Fsp3) is 0.333. The van der Waals surface area contributed by atoms with Gasteiger partial charge in [0.05, 0.1) is 11.7 Å². The second kappa shape index (κ2) is 11.8. The van der Waals surface area contributed by atoms with Gasteiger partial charge in [-0.3, -0.25) is 4.79 Å². The summed E-state index contributed by atoms with van der Waals surface area (Å²) in [6.07, 6.45) is 0.313. The molecular formula is C33H37FN4O4. The zero-order valence-electron chi connectivity index (χ0n) is 24.7. The maximum absolute atomic E-state index is 15.3. The molecule has 220 valence electrons. The van der Waals surface area contributed by atoms with Crippen LogP contribution in [-0.4, -0.2) is 60.7 Å². The van der Waals surface area contributed by atoms with Crippen molar-refractivity contribution in [2.24, 2.45) is 0 Å². The normalized spacial score (nSPS) is 15.1. The molecule has 1 aliphatic heterocycles. The first-order chi connectivity index (χ1) is 20.0. The Bertz CT molecular complexity index is 1580. The standard InChI is InChI=1S/C33H37FN4O4/c1-33(2,3)42-32(40)37(5)25-15-16-38(20-25)30-14-11-24(19-27(30)34)36(4)31(39)29-18-23-17-26(12-13-28(23)35-29)41-21-22-9-7-6-8-10-22/h6-14,17-19,25,35H,15-16,20-21H2,1-5H3. The van der Waals surface area contributed by atoms with E-state index < -0.39 is 17.5 Å². The van der Waals surface area contributed by atoms with Gasteiger partial charge in [-0.15, -0.1) is 0 Å². The van der Waals surface area contributed by atoms with Gasteiger partial charge in [-0.2, -0.15) is 0 Å². The molecule has 5 rings (SSSR count). The molecule has 1 aromatic heterocycles. The second-order valence-corrected chi connectivity index (χ2v) is 11.7. The quantitative estimate of drug-likeness (QED) is 0.270. The van der Waals surface area contributed by atoms with Crippen LogP contribution in [0.5, 0.6) is 5.75 Å². The zero-order chi connectivity index (χ0) is 30.0. The third kappa shape index (κ3) is 6.51. The lowest BCUT2D eigenvalue weighted by Gasteiger charge is -2.29. The van der Waals surface area contributed by atoms with Gasteiger partial charge in [0.15, 0.2) is 0 Å². The summed E-state index contributed by atoms with van der Waals surface area (Å²) in [5, 5.41) is 0.846. The Morgan fingerprint density at radius 1 is 1.02 bits per heavy atom. The number of fused-ring (bicyclic) bond motifs is 1. The number of amides is 2. The van der Waals surface area contributed by atoms with Crippen LogP contribution >= 0.6 is 0 Å². The summed E-state index contributed by atoms with van der Waals surface area (Å²) in [6, 6.07) is 22.0. The minimum Gasteiger partial charge on any atom is -0.489 e. The smallest absolute Gasteiger partial charge is 0.410 e.